The first kappa shape index (κ1) is 14.4. The van der Waals surface area contributed by atoms with Crippen LogP contribution in [0.4, 0.5) is 5.69 Å². The first-order chi connectivity index (χ1) is 9.72. The van der Waals surface area contributed by atoms with Crippen LogP contribution in [0.15, 0.2) is 48.5 Å². The number of nitrogens with zero attached hydrogens (tertiary/aromatic N) is 1. The average molecular weight is 270 g/mol. The Hall–Kier alpha value is -2.00. The monoisotopic (exact) mass is 270 g/mol. The SMILES string of the molecule is COc1cccc(CN(C)c2ccc(CCN)cc2)c1. The highest BCUT2D eigenvalue weighted by Crippen LogP contribution is 2.19. The molecule has 0 aromatic heterocycles. The maximum atomic E-state index is 5.57. The number of nitrogens with two attached hydrogens (primary N) is 1. The van der Waals surface area contributed by atoms with Crippen molar-refractivity contribution < 1.29 is 4.74 Å². The van der Waals surface area contributed by atoms with Crippen molar-refractivity contribution in [2.45, 2.75) is 13.0 Å². The van der Waals surface area contributed by atoms with E-state index in [9.17, 15) is 0 Å². The fourth-order valence-corrected chi connectivity index (χ4v) is 2.22. The molecule has 2 rings (SSSR count). The van der Waals surface area contributed by atoms with Gasteiger partial charge in [-0.25, -0.2) is 0 Å². The summed E-state index contributed by atoms with van der Waals surface area (Å²) in [5, 5.41) is 0. The molecule has 20 heavy (non-hydrogen) atoms. The predicted octanol–water partition coefficient (Wildman–Crippen LogP) is 2.83. The molecule has 0 atom stereocenters. The van der Waals surface area contributed by atoms with Crippen LogP contribution in [0, 0.1) is 0 Å². The Balaban J connectivity index is 2.05. The Morgan fingerprint density at radius 3 is 2.45 bits per heavy atom. The highest BCUT2D eigenvalue weighted by atomic mass is 16.5. The van der Waals surface area contributed by atoms with E-state index in [1.165, 1.54) is 16.8 Å². The van der Waals surface area contributed by atoms with Crippen LogP contribution in [-0.4, -0.2) is 20.7 Å². The minimum absolute atomic E-state index is 0.693. The van der Waals surface area contributed by atoms with E-state index in [2.05, 4.69) is 48.3 Å². The zero-order valence-corrected chi connectivity index (χ0v) is 12.2. The standard InChI is InChI=1S/C17H22N2O/c1-19(13-15-4-3-5-17(12-15)20-2)16-8-6-14(7-9-16)10-11-18/h3-9,12H,10-11,13,18H2,1-2H3. The molecule has 0 heterocycles. The molecule has 3 nitrogen and oxygen atoms in total. The van der Waals surface area contributed by atoms with E-state index in [1.54, 1.807) is 7.11 Å². The molecular weight excluding hydrogens is 248 g/mol. The van der Waals surface area contributed by atoms with Crippen molar-refractivity contribution in [3.8, 4) is 5.75 Å². The maximum Gasteiger partial charge on any atom is 0.119 e. The predicted molar refractivity (Wildman–Crippen MR) is 84.3 cm³/mol. The molecule has 0 amide bonds. The fraction of sp³-hybridized carbons (Fsp3) is 0.294. The molecule has 0 saturated heterocycles. The van der Waals surface area contributed by atoms with Gasteiger partial charge < -0.3 is 15.4 Å². The molecule has 0 radical (unpaired) electrons. The fourth-order valence-electron chi connectivity index (χ4n) is 2.22. The molecule has 2 aromatic carbocycles. The normalized spacial score (nSPS) is 10.3. The first-order valence-electron chi connectivity index (χ1n) is 6.86. The topological polar surface area (TPSA) is 38.5 Å². The largest absolute Gasteiger partial charge is 0.497 e. The first-order valence-corrected chi connectivity index (χ1v) is 6.86. The van der Waals surface area contributed by atoms with Gasteiger partial charge in [-0.2, -0.15) is 0 Å². The summed E-state index contributed by atoms with van der Waals surface area (Å²) < 4.78 is 5.25. The maximum absolute atomic E-state index is 5.57. The summed E-state index contributed by atoms with van der Waals surface area (Å²) in [6.45, 7) is 1.55. The van der Waals surface area contributed by atoms with E-state index in [0.29, 0.717) is 6.54 Å². The van der Waals surface area contributed by atoms with Gasteiger partial charge in [-0.15, -0.1) is 0 Å². The van der Waals surface area contributed by atoms with E-state index in [4.69, 9.17) is 10.5 Å². The van der Waals surface area contributed by atoms with Crippen LogP contribution in [0.5, 0.6) is 5.75 Å². The highest BCUT2D eigenvalue weighted by Gasteiger charge is 2.03. The molecule has 0 aliphatic rings. The lowest BCUT2D eigenvalue weighted by Crippen LogP contribution is -2.16. The second kappa shape index (κ2) is 6.96. The Morgan fingerprint density at radius 1 is 1.05 bits per heavy atom. The minimum atomic E-state index is 0.693. The van der Waals surface area contributed by atoms with Crippen LogP contribution in [-0.2, 0) is 13.0 Å². The molecule has 2 aromatic rings. The summed E-state index contributed by atoms with van der Waals surface area (Å²) in [4.78, 5) is 2.22. The second-order valence-corrected chi connectivity index (χ2v) is 4.91. The number of ether oxygens (including phenoxy) is 1. The van der Waals surface area contributed by atoms with Gasteiger partial charge >= 0.3 is 0 Å². The third-order valence-electron chi connectivity index (χ3n) is 3.36. The van der Waals surface area contributed by atoms with Crippen LogP contribution >= 0.6 is 0 Å². The summed E-state index contributed by atoms with van der Waals surface area (Å²) >= 11 is 0. The number of methoxy groups -OCH3 is 1. The van der Waals surface area contributed by atoms with Crippen molar-refractivity contribution in [3.63, 3.8) is 0 Å². The molecule has 0 bridgehead atoms. The van der Waals surface area contributed by atoms with Gasteiger partial charge in [-0.3, -0.25) is 0 Å². The number of anilines is 1. The van der Waals surface area contributed by atoms with E-state index in [0.717, 1.165) is 18.7 Å². The van der Waals surface area contributed by atoms with E-state index < -0.39 is 0 Å². The number of hydrogen-bond acceptors (Lipinski definition) is 3. The summed E-state index contributed by atoms with van der Waals surface area (Å²) in [7, 11) is 3.79. The van der Waals surface area contributed by atoms with Crippen LogP contribution in [0.2, 0.25) is 0 Å². The van der Waals surface area contributed by atoms with E-state index in [1.807, 2.05) is 12.1 Å². The van der Waals surface area contributed by atoms with Crippen molar-refractivity contribution >= 4 is 5.69 Å². The third-order valence-corrected chi connectivity index (χ3v) is 3.36. The van der Waals surface area contributed by atoms with Crippen LogP contribution < -0.4 is 15.4 Å². The molecule has 2 N–H and O–H groups in total. The summed E-state index contributed by atoms with van der Waals surface area (Å²) in [5.74, 6) is 0.897. The van der Waals surface area contributed by atoms with Gasteiger partial charge in [0, 0.05) is 19.3 Å². The molecule has 0 saturated carbocycles. The van der Waals surface area contributed by atoms with Gasteiger partial charge in [0.2, 0.25) is 0 Å². The molecule has 0 spiro atoms. The van der Waals surface area contributed by atoms with Crippen molar-refractivity contribution in [1.82, 2.24) is 0 Å². The van der Waals surface area contributed by atoms with Crippen LogP contribution in [0.1, 0.15) is 11.1 Å². The quantitative estimate of drug-likeness (QED) is 0.877. The number of hydrogen-bond donors (Lipinski definition) is 1. The van der Waals surface area contributed by atoms with Crippen molar-refractivity contribution in [2.24, 2.45) is 5.73 Å². The van der Waals surface area contributed by atoms with E-state index in [-0.39, 0.29) is 0 Å². The highest BCUT2D eigenvalue weighted by molar-refractivity contribution is 5.47. The lowest BCUT2D eigenvalue weighted by molar-refractivity contribution is 0.414. The van der Waals surface area contributed by atoms with Gasteiger partial charge in [-0.05, 0) is 48.4 Å². The smallest absolute Gasteiger partial charge is 0.119 e. The van der Waals surface area contributed by atoms with Gasteiger partial charge in [0.05, 0.1) is 7.11 Å². The Labute approximate surface area is 121 Å². The minimum Gasteiger partial charge on any atom is -0.497 e. The summed E-state index contributed by atoms with van der Waals surface area (Å²) in [5.41, 5.74) is 9.29. The van der Waals surface area contributed by atoms with Gasteiger partial charge in [0.15, 0.2) is 0 Å². The average Bonchev–Trinajstić information content (AvgIpc) is 2.48. The molecular formula is C17H22N2O. The van der Waals surface area contributed by atoms with Crippen LogP contribution in [0.3, 0.4) is 0 Å². The molecule has 0 unspecified atom stereocenters. The van der Waals surface area contributed by atoms with Crippen LogP contribution in [0.25, 0.3) is 0 Å². The number of benzene rings is 2. The Kier molecular flexibility index (Phi) is 5.02. The molecule has 0 aliphatic carbocycles. The van der Waals surface area contributed by atoms with Crippen molar-refractivity contribution in [3.05, 3.63) is 59.7 Å². The molecule has 0 aliphatic heterocycles. The molecule has 106 valence electrons. The zero-order valence-electron chi connectivity index (χ0n) is 12.2. The third kappa shape index (κ3) is 3.75. The van der Waals surface area contributed by atoms with E-state index >= 15 is 0 Å². The Morgan fingerprint density at radius 2 is 1.80 bits per heavy atom. The molecule has 3 heteroatoms. The lowest BCUT2D eigenvalue weighted by atomic mass is 10.1. The van der Waals surface area contributed by atoms with Gasteiger partial charge in [-0.1, -0.05) is 24.3 Å². The Bertz CT molecular complexity index is 537. The second-order valence-electron chi connectivity index (χ2n) is 4.91. The van der Waals surface area contributed by atoms with Crippen molar-refractivity contribution in [1.29, 1.82) is 0 Å². The number of rotatable bonds is 6. The van der Waals surface area contributed by atoms with Gasteiger partial charge in [0.25, 0.3) is 0 Å². The summed E-state index contributed by atoms with van der Waals surface area (Å²) in [6.07, 6.45) is 0.930. The lowest BCUT2D eigenvalue weighted by Gasteiger charge is -2.20. The molecule has 0 fully saturated rings. The summed E-state index contributed by atoms with van der Waals surface area (Å²) in [6, 6.07) is 16.7. The van der Waals surface area contributed by atoms with Gasteiger partial charge in [0.1, 0.15) is 5.75 Å². The zero-order chi connectivity index (χ0) is 14.4. The van der Waals surface area contributed by atoms with Crippen molar-refractivity contribution in [2.75, 3.05) is 25.6 Å².